The molecule has 1 aromatic carbocycles. The third-order valence-electron chi connectivity index (χ3n) is 2.85. The number of hydrogen-bond acceptors (Lipinski definition) is 3. The molecule has 2 nitrogen and oxygen atoms in total. The van der Waals surface area contributed by atoms with E-state index >= 15 is 0 Å². The lowest BCUT2D eigenvalue weighted by Crippen LogP contribution is -2.10. The van der Waals surface area contributed by atoms with E-state index in [1.165, 1.54) is 15.4 Å². The summed E-state index contributed by atoms with van der Waals surface area (Å²) in [5.74, 6) is 0. The van der Waals surface area contributed by atoms with E-state index in [-0.39, 0.29) is 5.41 Å². The molecule has 2 aromatic rings. The van der Waals surface area contributed by atoms with Gasteiger partial charge in [-0.15, -0.1) is 11.3 Å². The molecule has 3 heteroatoms. The number of anilines is 1. The predicted octanol–water partition coefficient (Wildman–Crippen LogP) is 4.46. The second-order valence-electron chi connectivity index (χ2n) is 5.51. The summed E-state index contributed by atoms with van der Waals surface area (Å²) in [6.45, 7) is 8.71. The highest BCUT2D eigenvalue weighted by Crippen LogP contribution is 2.36. The van der Waals surface area contributed by atoms with Crippen LogP contribution in [0.25, 0.3) is 10.4 Å². The lowest BCUT2D eigenvalue weighted by molar-refractivity contribution is 0.584. The van der Waals surface area contributed by atoms with Crippen molar-refractivity contribution in [3.05, 3.63) is 35.0 Å². The smallest absolute Gasteiger partial charge is 0.0988 e. The van der Waals surface area contributed by atoms with Gasteiger partial charge in [-0.2, -0.15) is 0 Å². The Morgan fingerprint density at radius 2 is 1.94 bits per heavy atom. The largest absolute Gasteiger partial charge is 0.388 e. The van der Waals surface area contributed by atoms with Crippen LogP contribution in [0.5, 0.6) is 0 Å². The zero-order chi connectivity index (χ0) is 13.3. The molecule has 0 unspecified atom stereocenters. The minimum Gasteiger partial charge on any atom is -0.388 e. The van der Waals surface area contributed by atoms with Crippen LogP contribution in [0.15, 0.2) is 24.3 Å². The standard InChI is InChI=1S/C15H20N2S/c1-10-13(18-14(17-10)15(2,3)4)11-7-6-8-12(9-11)16-5/h6-9,16H,1-5H3. The first-order chi connectivity index (χ1) is 8.41. The Hall–Kier alpha value is -1.35. The molecule has 0 spiro atoms. The maximum Gasteiger partial charge on any atom is 0.0988 e. The molecule has 0 radical (unpaired) electrons. The SMILES string of the molecule is CNc1cccc(-c2sc(C(C)(C)C)nc2C)c1. The van der Waals surface area contributed by atoms with Crippen LogP contribution in [0, 0.1) is 6.92 Å². The fourth-order valence-electron chi connectivity index (χ4n) is 1.80. The van der Waals surface area contributed by atoms with Crippen LogP contribution in [0.2, 0.25) is 0 Å². The van der Waals surface area contributed by atoms with Crippen molar-refractivity contribution in [2.75, 3.05) is 12.4 Å². The second-order valence-corrected chi connectivity index (χ2v) is 6.51. The van der Waals surface area contributed by atoms with Crippen molar-refractivity contribution < 1.29 is 0 Å². The van der Waals surface area contributed by atoms with Crippen LogP contribution in [0.3, 0.4) is 0 Å². The molecule has 0 aliphatic rings. The molecule has 96 valence electrons. The Morgan fingerprint density at radius 1 is 1.22 bits per heavy atom. The average Bonchev–Trinajstić information content (AvgIpc) is 2.71. The van der Waals surface area contributed by atoms with Crippen molar-refractivity contribution in [1.29, 1.82) is 0 Å². The molecule has 1 N–H and O–H groups in total. The first kappa shape index (κ1) is 13.1. The number of hydrogen-bond donors (Lipinski definition) is 1. The van der Waals surface area contributed by atoms with Gasteiger partial charge in [-0.1, -0.05) is 32.9 Å². The fraction of sp³-hybridized carbons (Fsp3) is 0.400. The molecule has 0 aliphatic heterocycles. The third kappa shape index (κ3) is 2.56. The molecule has 0 fully saturated rings. The quantitative estimate of drug-likeness (QED) is 0.862. The van der Waals surface area contributed by atoms with Gasteiger partial charge in [0, 0.05) is 18.2 Å². The van der Waals surface area contributed by atoms with Crippen molar-refractivity contribution in [2.45, 2.75) is 33.1 Å². The normalized spacial score (nSPS) is 11.6. The molecular formula is C15H20N2S. The van der Waals surface area contributed by atoms with Gasteiger partial charge in [0.1, 0.15) is 0 Å². The highest BCUT2D eigenvalue weighted by Gasteiger charge is 2.20. The molecule has 0 aliphatic carbocycles. The van der Waals surface area contributed by atoms with Crippen LogP contribution >= 0.6 is 11.3 Å². The number of aryl methyl sites for hydroxylation is 1. The number of aromatic nitrogens is 1. The molecule has 18 heavy (non-hydrogen) atoms. The number of nitrogens with one attached hydrogen (secondary N) is 1. The summed E-state index contributed by atoms with van der Waals surface area (Å²) in [7, 11) is 1.94. The van der Waals surface area contributed by atoms with Crippen LogP contribution in [0.1, 0.15) is 31.5 Å². The molecule has 0 saturated carbocycles. The highest BCUT2D eigenvalue weighted by molar-refractivity contribution is 7.15. The van der Waals surface area contributed by atoms with E-state index in [2.05, 4.69) is 57.3 Å². The lowest BCUT2D eigenvalue weighted by atomic mass is 9.98. The Bertz CT molecular complexity index is 550. The lowest BCUT2D eigenvalue weighted by Gasteiger charge is -2.13. The van der Waals surface area contributed by atoms with Crippen molar-refractivity contribution in [1.82, 2.24) is 4.98 Å². The van der Waals surface area contributed by atoms with Gasteiger partial charge in [-0.25, -0.2) is 4.98 Å². The van der Waals surface area contributed by atoms with Gasteiger partial charge in [0.25, 0.3) is 0 Å². The monoisotopic (exact) mass is 260 g/mol. The minimum atomic E-state index is 0.119. The maximum absolute atomic E-state index is 4.71. The van der Waals surface area contributed by atoms with Crippen molar-refractivity contribution >= 4 is 17.0 Å². The number of nitrogens with zero attached hydrogens (tertiary/aromatic N) is 1. The summed E-state index contributed by atoms with van der Waals surface area (Å²) >= 11 is 1.80. The van der Waals surface area contributed by atoms with Crippen LogP contribution in [-0.4, -0.2) is 12.0 Å². The Morgan fingerprint density at radius 3 is 2.50 bits per heavy atom. The second kappa shape index (κ2) is 4.73. The topological polar surface area (TPSA) is 24.9 Å². The Labute approximate surface area is 113 Å². The van der Waals surface area contributed by atoms with Gasteiger partial charge in [0.2, 0.25) is 0 Å². The van der Waals surface area contributed by atoms with E-state index in [1.807, 2.05) is 7.05 Å². The van der Waals surface area contributed by atoms with Gasteiger partial charge in [0.15, 0.2) is 0 Å². The van der Waals surface area contributed by atoms with E-state index in [0.29, 0.717) is 0 Å². The molecule has 2 rings (SSSR count). The van der Waals surface area contributed by atoms with Gasteiger partial charge >= 0.3 is 0 Å². The Kier molecular flexibility index (Phi) is 3.44. The van der Waals surface area contributed by atoms with Gasteiger partial charge in [-0.05, 0) is 24.6 Å². The van der Waals surface area contributed by atoms with Gasteiger partial charge in [-0.3, -0.25) is 0 Å². The highest BCUT2D eigenvalue weighted by atomic mass is 32.1. The maximum atomic E-state index is 4.71. The van der Waals surface area contributed by atoms with E-state index in [9.17, 15) is 0 Å². The van der Waals surface area contributed by atoms with E-state index < -0.39 is 0 Å². The van der Waals surface area contributed by atoms with Crippen molar-refractivity contribution in [3.63, 3.8) is 0 Å². The molecule has 1 heterocycles. The molecular weight excluding hydrogens is 240 g/mol. The van der Waals surface area contributed by atoms with Crippen LogP contribution < -0.4 is 5.32 Å². The summed E-state index contributed by atoms with van der Waals surface area (Å²) in [5.41, 5.74) is 3.62. The molecule has 0 atom stereocenters. The van der Waals surface area contributed by atoms with E-state index in [4.69, 9.17) is 4.98 Å². The predicted molar refractivity (Wildman–Crippen MR) is 80.5 cm³/mol. The molecule has 1 aromatic heterocycles. The zero-order valence-corrected chi connectivity index (χ0v) is 12.5. The first-order valence-corrected chi connectivity index (χ1v) is 6.99. The molecule has 0 bridgehead atoms. The third-order valence-corrected chi connectivity index (χ3v) is 4.48. The average molecular weight is 260 g/mol. The van der Waals surface area contributed by atoms with Gasteiger partial charge < -0.3 is 5.32 Å². The van der Waals surface area contributed by atoms with Crippen LogP contribution in [-0.2, 0) is 5.41 Å². The van der Waals surface area contributed by atoms with Crippen molar-refractivity contribution in [2.24, 2.45) is 0 Å². The van der Waals surface area contributed by atoms with Crippen molar-refractivity contribution in [3.8, 4) is 10.4 Å². The summed E-state index contributed by atoms with van der Waals surface area (Å²) in [6, 6.07) is 8.47. The summed E-state index contributed by atoms with van der Waals surface area (Å²) in [5, 5.41) is 4.38. The summed E-state index contributed by atoms with van der Waals surface area (Å²) in [6.07, 6.45) is 0. The zero-order valence-electron chi connectivity index (χ0n) is 11.7. The Balaban J connectivity index is 2.47. The minimum absolute atomic E-state index is 0.119. The summed E-state index contributed by atoms with van der Waals surface area (Å²) < 4.78 is 0. The fourth-order valence-corrected chi connectivity index (χ4v) is 2.92. The molecule has 0 saturated heterocycles. The number of benzene rings is 1. The first-order valence-electron chi connectivity index (χ1n) is 6.18. The molecule has 0 amide bonds. The summed E-state index contributed by atoms with van der Waals surface area (Å²) in [4.78, 5) is 5.99. The van der Waals surface area contributed by atoms with E-state index in [0.717, 1.165) is 11.4 Å². The van der Waals surface area contributed by atoms with Gasteiger partial charge in [0.05, 0.1) is 15.6 Å². The number of rotatable bonds is 2. The van der Waals surface area contributed by atoms with E-state index in [1.54, 1.807) is 11.3 Å². The number of thiazole rings is 1. The van der Waals surface area contributed by atoms with Crippen LogP contribution in [0.4, 0.5) is 5.69 Å².